The molecule has 98 valence electrons. The third-order valence-electron chi connectivity index (χ3n) is 2.68. The van der Waals surface area contributed by atoms with E-state index in [1.807, 2.05) is 0 Å². The van der Waals surface area contributed by atoms with Gasteiger partial charge in [-0.05, 0) is 48.9 Å². The van der Waals surface area contributed by atoms with Crippen LogP contribution < -0.4 is 11.1 Å². The number of aryl methyl sites for hydroxylation is 1. The average molecular weight is 278 g/mol. The molecule has 3 N–H and O–H groups in total. The van der Waals surface area contributed by atoms with Gasteiger partial charge in [0, 0.05) is 16.9 Å². The van der Waals surface area contributed by atoms with Crippen molar-refractivity contribution >= 4 is 28.6 Å². The Bertz CT molecular complexity index is 641. The van der Waals surface area contributed by atoms with Gasteiger partial charge in [0.15, 0.2) is 0 Å². The molecule has 0 aliphatic carbocycles. The number of nitrogens with two attached hydrogens (primary N) is 1. The quantitative estimate of drug-likeness (QED) is 0.842. The summed E-state index contributed by atoms with van der Waals surface area (Å²) in [5, 5.41) is 2.99. The first-order chi connectivity index (χ1) is 8.97. The topological polar surface area (TPSA) is 38.0 Å². The van der Waals surface area contributed by atoms with E-state index in [1.54, 1.807) is 25.1 Å². The van der Waals surface area contributed by atoms with Crippen molar-refractivity contribution in [3.8, 4) is 0 Å². The number of hydrogen-bond acceptors (Lipinski definition) is 2. The molecule has 0 saturated carbocycles. The van der Waals surface area contributed by atoms with Gasteiger partial charge < -0.3 is 11.1 Å². The van der Waals surface area contributed by atoms with E-state index in [9.17, 15) is 8.78 Å². The largest absolute Gasteiger partial charge is 0.389 e. The minimum atomic E-state index is -0.490. The van der Waals surface area contributed by atoms with E-state index in [0.717, 1.165) is 0 Å². The maximum atomic E-state index is 13.7. The second-order valence-corrected chi connectivity index (χ2v) is 4.59. The predicted molar refractivity (Wildman–Crippen MR) is 76.7 cm³/mol. The van der Waals surface area contributed by atoms with Gasteiger partial charge in [-0.25, -0.2) is 8.78 Å². The molecule has 2 nitrogen and oxygen atoms in total. The highest BCUT2D eigenvalue weighted by atomic mass is 32.1. The SMILES string of the molecule is Cc1cc(Nc2ccc(C(N)=S)c(F)c2)ccc1F. The fourth-order valence-corrected chi connectivity index (χ4v) is 1.85. The molecule has 19 heavy (non-hydrogen) atoms. The third kappa shape index (κ3) is 3.06. The van der Waals surface area contributed by atoms with Crippen LogP contribution in [0.15, 0.2) is 36.4 Å². The van der Waals surface area contributed by atoms with Crippen LogP contribution in [-0.4, -0.2) is 4.99 Å². The Balaban J connectivity index is 2.26. The van der Waals surface area contributed by atoms with Crippen LogP contribution in [-0.2, 0) is 0 Å². The summed E-state index contributed by atoms with van der Waals surface area (Å²) < 4.78 is 26.8. The molecule has 5 heteroatoms. The monoisotopic (exact) mass is 278 g/mol. The maximum Gasteiger partial charge on any atom is 0.135 e. The van der Waals surface area contributed by atoms with Crippen molar-refractivity contribution in [1.82, 2.24) is 0 Å². The second kappa shape index (κ2) is 5.32. The second-order valence-electron chi connectivity index (χ2n) is 4.15. The third-order valence-corrected chi connectivity index (χ3v) is 2.90. The van der Waals surface area contributed by atoms with Crippen molar-refractivity contribution < 1.29 is 8.78 Å². The number of anilines is 2. The number of nitrogens with one attached hydrogen (secondary N) is 1. The zero-order valence-corrected chi connectivity index (χ0v) is 11.0. The van der Waals surface area contributed by atoms with Crippen LogP contribution >= 0.6 is 12.2 Å². The molecule has 0 bridgehead atoms. The molecule has 2 aromatic carbocycles. The van der Waals surface area contributed by atoms with Crippen molar-refractivity contribution in [1.29, 1.82) is 0 Å². The van der Waals surface area contributed by atoms with Gasteiger partial charge in [-0.3, -0.25) is 0 Å². The summed E-state index contributed by atoms with van der Waals surface area (Å²) >= 11 is 4.73. The molecule has 0 aliphatic heterocycles. The standard InChI is InChI=1S/C14H12F2N2S/c1-8-6-9(3-5-12(8)15)18-10-2-4-11(14(17)19)13(16)7-10/h2-7,18H,1H3,(H2,17,19). The fourth-order valence-electron chi connectivity index (χ4n) is 1.68. The summed E-state index contributed by atoms with van der Waals surface area (Å²) in [4.78, 5) is 0.0154. The number of hydrogen-bond donors (Lipinski definition) is 2. The van der Waals surface area contributed by atoms with Gasteiger partial charge in [0.2, 0.25) is 0 Å². The molecule has 2 rings (SSSR count). The highest BCUT2D eigenvalue weighted by Crippen LogP contribution is 2.21. The summed E-state index contributed by atoms with van der Waals surface area (Å²) in [5.41, 5.74) is 7.33. The summed E-state index contributed by atoms with van der Waals surface area (Å²) in [6, 6.07) is 9.06. The first-order valence-corrected chi connectivity index (χ1v) is 6.01. The lowest BCUT2D eigenvalue weighted by molar-refractivity contribution is 0.618. The van der Waals surface area contributed by atoms with Crippen LogP contribution in [0.5, 0.6) is 0 Å². The summed E-state index contributed by atoms with van der Waals surface area (Å²) in [6.07, 6.45) is 0. The predicted octanol–water partition coefficient (Wildman–Crippen LogP) is 3.65. The molecule has 0 saturated heterocycles. The van der Waals surface area contributed by atoms with Crippen LogP contribution in [0.1, 0.15) is 11.1 Å². The number of benzene rings is 2. The van der Waals surface area contributed by atoms with E-state index in [0.29, 0.717) is 16.9 Å². The first-order valence-electron chi connectivity index (χ1n) is 5.60. The fraction of sp³-hybridized carbons (Fsp3) is 0.0714. The van der Waals surface area contributed by atoms with Gasteiger partial charge >= 0.3 is 0 Å². The molecule has 0 fully saturated rings. The van der Waals surface area contributed by atoms with Gasteiger partial charge in [0.1, 0.15) is 16.6 Å². The van der Waals surface area contributed by atoms with Crippen LogP contribution in [0.2, 0.25) is 0 Å². The number of rotatable bonds is 3. The lowest BCUT2D eigenvalue weighted by atomic mass is 10.1. The van der Waals surface area contributed by atoms with Gasteiger partial charge in [-0.15, -0.1) is 0 Å². The van der Waals surface area contributed by atoms with Crippen molar-refractivity contribution in [3.05, 3.63) is 59.2 Å². The lowest BCUT2D eigenvalue weighted by Gasteiger charge is -2.09. The van der Waals surface area contributed by atoms with Crippen molar-refractivity contribution in [2.24, 2.45) is 5.73 Å². The molecular weight excluding hydrogens is 266 g/mol. The van der Waals surface area contributed by atoms with Crippen molar-refractivity contribution in [2.45, 2.75) is 6.92 Å². The van der Waals surface area contributed by atoms with Gasteiger partial charge in [0.25, 0.3) is 0 Å². The van der Waals surface area contributed by atoms with E-state index in [4.69, 9.17) is 18.0 Å². The van der Waals surface area contributed by atoms with E-state index < -0.39 is 5.82 Å². The molecule has 0 amide bonds. The van der Waals surface area contributed by atoms with Gasteiger partial charge in [0.05, 0.1) is 0 Å². The van der Waals surface area contributed by atoms with Crippen molar-refractivity contribution in [2.75, 3.05) is 5.32 Å². The Morgan fingerprint density at radius 2 is 1.68 bits per heavy atom. The van der Waals surface area contributed by atoms with E-state index in [-0.39, 0.29) is 16.4 Å². The molecule has 0 aliphatic rings. The molecule has 2 aromatic rings. The number of halogens is 2. The zero-order valence-electron chi connectivity index (χ0n) is 10.2. The molecule has 0 radical (unpaired) electrons. The maximum absolute atomic E-state index is 13.7. The number of thiocarbonyl (C=S) groups is 1. The van der Waals surface area contributed by atoms with E-state index >= 15 is 0 Å². The minimum absolute atomic E-state index is 0.0154. The molecule has 0 atom stereocenters. The molecule has 0 spiro atoms. The first kappa shape index (κ1) is 13.4. The Hall–Kier alpha value is -2.01. The lowest BCUT2D eigenvalue weighted by Crippen LogP contribution is -2.11. The average Bonchev–Trinajstić information content (AvgIpc) is 2.33. The Kier molecular flexibility index (Phi) is 3.76. The Labute approximate surface area is 115 Å². The van der Waals surface area contributed by atoms with Gasteiger partial charge in [-0.1, -0.05) is 12.2 Å². The molecular formula is C14H12F2N2S. The van der Waals surface area contributed by atoms with Crippen molar-refractivity contribution in [3.63, 3.8) is 0 Å². The molecule has 0 aromatic heterocycles. The minimum Gasteiger partial charge on any atom is -0.389 e. The van der Waals surface area contributed by atoms with E-state index in [2.05, 4.69) is 5.32 Å². The Morgan fingerprint density at radius 1 is 1.05 bits per heavy atom. The zero-order chi connectivity index (χ0) is 14.0. The van der Waals surface area contributed by atoms with Crippen LogP contribution in [0, 0.1) is 18.6 Å². The Morgan fingerprint density at radius 3 is 2.26 bits per heavy atom. The highest BCUT2D eigenvalue weighted by molar-refractivity contribution is 7.80. The smallest absolute Gasteiger partial charge is 0.135 e. The summed E-state index contributed by atoms with van der Waals surface area (Å²) in [6.45, 7) is 1.66. The molecule has 0 unspecified atom stereocenters. The normalized spacial score (nSPS) is 10.3. The summed E-state index contributed by atoms with van der Waals surface area (Å²) in [5.74, 6) is -0.767. The van der Waals surface area contributed by atoms with E-state index in [1.165, 1.54) is 18.2 Å². The van der Waals surface area contributed by atoms with Gasteiger partial charge in [-0.2, -0.15) is 0 Å². The summed E-state index contributed by atoms with van der Waals surface area (Å²) in [7, 11) is 0. The van der Waals surface area contributed by atoms with Crippen LogP contribution in [0.3, 0.4) is 0 Å². The highest BCUT2D eigenvalue weighted by Gasteiger charge is 2.06. The van der Waals surface area contributed by atoms with Crippen LogP contribution in [0.4, 0.5) is 20.2 Å². The molecule has 0 heterocycles. The van der Waals surface area contributed by atoms with Crippen LogP contribution in [0.25, 0.3) is 0 Å².